The quantitative estimate of drug-likeness (QED) is 0.880. The first-order valence-electron chi connectivity index (χ1n) is 6.75. The molecule has 3 N–H and O–H groups in total. The molecule has 0 aliphatic heterocycles. The smallest absolute Gasteiger partial charge is 0.126 e. The van der Waals surface area contributed by atoms with E-state index in [0.717, 1.165) is 22.8 Å². The summed E-state index contributed by atoms with van der Waals surface area (Å²) in [6.45, 7) is 10.3. The minimum atomic E-state index is -0.444. The fourth-order valence-electron chi connectivity index (χ4n) is 2.07. The number of aryl methyl sites for hydroxylation is 1. The Morgan fingerprint density at radius 1 is 1.16 bits per heavy atom. The van der Waals surface area contributed by atoms with Crippen LogP contribution in [-0.4, -0.2) is 9.97 Å². The molecule has 1 aromatic carbocycles. The summed E-state index contributed by atoms with van der Waals surface area (Å²) in [5.41, 5.74) is 10.2. The number of H-pyrrole nitrogens is 1. The zero-order valence-corrected chi connectivity index (χ0v) is 12.4. The van der Waals surface area contributed by atoms with Crippen LogP contribution in [0.5, 0.6) is 0 Å². The van der Waals surface area contributed by atoms with E-state index in [1.54, 1.807) is 0 Å². The van der Waals surface area contributed by atoms with Crippen LogP contribution in [0.2, 0.25) is 0 Å². The van der Waals surface area contributed by atoms with Crippen molar-refractivity contribution >= 4 is 0 Å². The first kappa shape index (κ1) is 13.8. The lowest BCUT2D eigenvalue weighted by Crippen LogP contribution is -2.30. The molecule has 0 bridgehead atoms. The van der Waals surface area contributed by atoms with Gasteiger partial charge in [0.2, 0.25) is 0 Å². The number of nitrogens with two attached hydrogens (primary N) is 1. The molecular formula is C16H23N3. The van der Waals surface area contributed by atoms with Crippen LogP contribution in [0.25, 0.3) is 11.3 Å². The predicted molar refractivity (Wildman–Crippen MR) is 80.1 cm³/mol. The predicted octanol–water partition coefficient (Wildman–Crippen LogP) is 3.70. The third kappa shape index (κ3) is 2.87. The molecule has 3 nitrogen and oxygen atoms in total. The minimum absolute atomic E-state index is 0.444. The second kappa shape index (κ2) is 4.82. The molecule has 2 aromatic rings. The summed E-state index contributed by atoms with van der Waals surface area (Å²) in [4.78, 5) is 7.93. The Kier molecular flexibility index (Phi) is 3.50. The van der Waals surface area contributed by atoms with Gasteiger partial charge >= 0.3 is 0 Å². The molecule has 0 unspecified atom stereocenters. The van der Waals surface area contributed by atoms with Crippen LogP contribution in [0.3, 0.4) is 0 Å². The van der Waals surface area contributed by atoms with Crippen LogP contribution in [0.15, 0.2) is 24.3 Å². The maximum Gasteiger partial charge on any atom is 0.126 e. The van der Waals surface area contributed by atoms with Gasteiger partial charge < -0.3 is 10.7 Å². The molecule has 0 aliphatic carbocycles. The summed E-state index contributed by atoms with van der Waals surface area (Å²) >= 11 is 0. The standard InChI is InChI=1S/C16H23N3/c1-10(2)12-6-8-13(9-7-12)14-11(3)18-15(19-14)16(4,5)17/h6-10H,17H2,1-5H3,(H,18,19). The van der Waals surface area contributed by atoms with Crippen molar-refractivity contribution in [3.05, 3.63) is 41.3 Å². The lowest BCUT2D eigenvalue weighted by molar-refractivity contribution is 0.520. The molecule has 0 aliphatic rings. The third-order valence-corrected chi connectivity index (χ3v) is 3.35. The number of aromatic amines is 1. The van der Waals surface area contributed by atoms with Gasteiger partial charge in [0.05, 0.1) is 11.2 Å². The first-order chi connectivity index (χ1) is 8.79. The second-order valence-corrected chi connectivity index (χ2v) is 6.06. The Bertz CT molecular complexity index is 557. The molecular weight excluding hydrogens is 234 g/mol. The van der Waals surface area contributed by atoms with E-state index in [9.17, 15) is 0 Å². The van der Waals surface area contributed by atoms with E-state index in [2.05, 4.69) is 48.1 Å². The fourth-order valence-corrected chi connectivity index (χ4v) is 2.07. The summed E-state index contributed by atoms with van der Waals surface area (Å²) in [6, 6.07) is 8.60. The van der Waals surface area contributed by atoms with E-state index in [0.29, 0.717) is 5.92 Å². The van der Waals surface area contributed by atoms with Gasteiger partial charge in [0.15, 0.2) is 0 Å². The van der Waals surface area contributed by atoms with Gasteiger partial charge in [-0.2, -0.15) is 0 Å². The largest absolute Gasteiger partial charge is 0.344 e. The van der Waals surface area contributed by atoms with Crippen LogP contribution < -0.4 is 5.73 Å². The Balaban J connectivity index is 2.39. The minimum Gasteiger partial charge on any atom is -0.344 e. The fraction of sp³-hybridized carbons (Fsp3) is 0.438. The number of nitrogens with zero attached hydrogens (tertiary/aromatic N) is 1. The molecule has 0 amide bonds. The molecule has 0 saturated heterocycles. The van der Waals surface area contributed by atoms with Crippen molar-refractivity contribution in [1.29, 1.82) is 0 Å². The maximum absolute atomic E-state index is 6.09. The highest BCUT2D eigenvalue weighted by Crippen LogP contribution is 2.26. The maximum atomic E-state index is 6.09. The number of hydrogen-bond acceptors (Lipinski definition) is 2. The molecule has 1 heterocycles. The second-order valence-electron chi connectivity index (χ2n) is 6.06. The lowest BCUT2D eigenvalue weighted by atomic mass is 10.0. The van der Waals surface area contributed by atoms with Gasteiger partial charge in [0.25, 0.3) is 0 Å². The number of nitrogens with one attached hydrogen (secondary N) is 1. The molecule has 0 fully saturated rings. The van der Waals surface area contributed by atoms with Crippen molar-refractivity contribution in [3.63, 3.8) is 0 Å². The molecule has 3 heteroatoms. The zero-order chi connectivity index (χ0) is 14.2. The van der Waals surface area contributed by atoms with Crippen molar-refractivity contribution < 1.29 is 0 Å². The highest BCUT2D eigenvalue weighted by atomic mass is 15.0. The van der Waals surface area contributed by atoms with Gasteiger partial charge in [-0.05, 0) is 32.3 Å². The zero-order valence-electron chi connectivity index (χ0n) is 12.4. The van der Waals surface area contributed by atoms with Crippen LogP contribution >= 0.6 is 0 Å². The molecule has 1 aromatic heterocycles. The number of aromatic nitrogens is 2. The van der Waals surface area contributed by atoms with E-state index in [-0.39, 0.29) is 0 Å². The van der Waals surface area contributed by atoms with Crippen molar-refractivity contribution in [2.75, 3.05) is 0 Å². The van der Waals surface area contributed by atoms with E-state index in [1.807, 2.05) is 20.8 Å². The average molecular weight is 257 g/mol. The first-order valence-corrected chi connectivity index (χ1v) is 6.75. The van der Waals surface area contributed by atoms with Crippen molar-refractivity contribution in [3.8, 4) is 11.3 Å². The van der Waals surface area contributed by atoms with Crippen LogP contribution in [-0.2, 0) is 5.54 Å². The highest BCUT2D eigenvalue weighted by Gasteiger charge is 2.20. The monoisotopic (exact) mass is 257 g/mol. The third-order valence-electron chi connectivity index (χ3n) is 3.35. The summed E-state index contributed by atoms with van der Waals surface area (Å²) < 4.78 is 0. The number of rotatable bonds is 3. The van der Waals surface area contributed by atoms with E-state index < -0.39 is 5.54 Å². The Hall–Kier alpha value is -1.61. The number of benzene rings is 1. The summed E-state index contributed by atoms with van der Waals surface area (Å²) in [6.07, 6.45) is 0. The van der Waals surface area contributed by atoms with Crippen LogP contribution in [0, 0.1) is 6.92 Å². The van der Waals surface area contributed by atoms with Gasteiger partial charge in [-0.3, -0.25) is 0 Å². The molecule has 0 spiro atoms. The topological polar surface area (TPSA) is 54.7 Å². The summed E-state index contributed by atoms with van der Waals surface area (Å²) in [7, 11) is 0. The highest BCUT2D eigenvalue weighted by molar-refractivity contribution is 5.62. The molecule has 0 radical (unpaired) electrons. The van der Waals surface area contributed by atoms with Gasteiger partial charge in [-0.25, -0.2) is 4.98 Å². The SMILES string of the molecule is Cc1[nH]c(C(C)(C)N)nc1-c1ccc(C(C)C)cc1. The van der Waals surface area contributed by atoms with Gasteiger partial charge in [-0.15, -0.1) is 0 Å². The summed E-state index contributed by atoms with van der Waals surface area (Å²) in [5, 5.41) is 0. The molecule has 19 heavy (non-hydrogen) atoms. The van der Waals surface area contributed by atoms with Crippen molar-refractivity contribution in [2.24, 2.45) is 5.73 Å². The normalized spacial score (nSPS) is 12.2. The van der Waals surface area contributed by atoms with Crippen LogP contribution in [0.4, 0.5) is 0 Å². The molecule has 0 saturated carbocycles. The molecule has 2 rings (SSSR count). The number of imidazole rings is 1. The van der Waals surface area contributed by atoms with Gasteiger partial charge in [0.1, 0.15) is 5.82 Å². The van der Waals surface area contributed by atoms with Crippen LogP contribution in [0.1, 0.15) is 50.7 Å². The Labute approximate surface area is 115 Å². The number of hydrogen-bond donors (Lipinski definition) is 2. The lowest BCUT2D eigenvalue weighted by Gasteiger charge is -2.14. The molecule has 0 atom stereocenters. The molecule has 102 valence electrons. The Morgan fingerprint density at radius 2 is 1.74 bits per heavy atom. The average Bonchev–Trinajstić information content (AvgIpc) is 2.71. The van der Waals surface area contributed by atoms with Crippen molar-refractivity contribution in [2.45, 2.75) is 46.1 Å². The van der Waals surface area contributed by atoms with E-state index in [4.69, 9.17) is 5.73 Å². The van der Waals surface area contributed by atoms with Crippen molar-refractivity contribution in [1.82, 2.24) is 9.97 Å². The Morgan fingerprint density at radius 3 is 2.16 bits per heavy atom. The van der Waals surface area contributed by atoms with Gasteiger partial charge in [-0.1, -0.05) is 38.1 Å². The summed E-state index contributed by atoms with van der Waals surface area (Å²) in [5.74, 6) is 1.38. The van der Waals surface area contributed by atoms with E-state index in [1.165, 1.54) is 5.56 Å². The van der Waals surface area contributed by atoms with E-state index >= 15 is 0 Å². The van der Waals surface area contributed by atoms with Gasteiger partial charge in [0, 0.05) is 11.3 Å².